The highest BCUT2D eigenvalue weighted by molar-refractivity contribution is 6.36. The van der Waals surface area contributed by atoms with Crippen molar-refractivity contribution in [1.29, 1.82) is 0 Å². The van der Waals surface area contributed by atoms with Crippen molar-refractivity contribution in [3.63, 3.8) is 0 Å². The molecular formula is C10H12Cl2NO. The number of rotatable bonds is 5. The van der Waals surface area contributed by atoms with Gasteiger partial charge in [-0.2, -0.15) is 0 Å². The molecule has 77 valence electrons. The first-order valence-corrected chi connectivity index (χ1v) is 5.23. The Morgan fingerprint density at radius 2 is 2.00 bits per heavy atom. The van der Waals surface area contributed by atoms with Crippen molar-refractivity contribution in [3.05, 3.63) is 28.2 Å². The first kappa shape index (κ1) is 11.6. The Labute approximate surface area is 93.8 Å². The van der Waals surface area contributed by atoms with Crippen molar-refractivity contribution in [2.24, 2.45) is 0 Å². The third kappa shape index (κ3) is 3.74. The fourth-order valence-corrected chi connectivity index (χ4v) is 1.50. The van der Waals surface area contributed by atoms with E-state index in [1.807, 2.05) is 0 Å². The van der Waals surface area contributed by atoms with Gasteiger partial charge in [-0.15, -0.1) is 0 Å². The zero-order valence-electron chi connectivity index (χ0n) is 7.71. The third-order valence-corrected chi connectivity index (χ3v) is 2.30. The van der Waals surface area contributed by atoms with Crippen LogP contribution in [0.3, 0.4) is 0 Å². The van der Waals surface area contributed by atoms with E-state index in [2.05, 4.69) is 5.32 Å². The molecule has 0 unspecified atom stereocenters. The molecule has 1 N–H and O–H groups in total. The first-order chi connectivity index (χ1) is 6.74. The molecule has 0 spiro atoms. The lowest BCUT2D eigenvalue weighted by Gasteiger charge is -2.04. The number of hydrogen-bond acceptors (Lipinski definition) is 1. The number of aliphatic hydroxyl groups is 1. The summed E-state index contributed by atoms with van der Waals surface area (Å²) in [6.07, 6.45) is 1.64. The Hall–Kier alpha value is -0.440. The molecule has 0 aromatic heterocycles. The van der Waals surface area contributed by atoms with Gasteiger partial charge in [0.15, 0.2) is 0 Å². The standard InChI is InChI=1S/C10H12Cl2NO/c11-8-3-4-10(9(12)7-8)13-5-1-2-6-14/h3-4,7,14H,1-2,5-6H2. The largest absolute Gasteiger partial charge is 0.396 e. The molecule has 2 nitrogen and oxygen atoms in total. The lowest BCUT2D eigenvalue weighted by atomic mass is 10.3. The van der Waals surface area contributed by atoms with Crippen molar-refractivity contribution < 1.29 is 5.11 Å². The molecule has 1 radical (unpaired) electrons. The van der Waals surface area contributed by atoms with Crippen molar-refractivity contribution in [3.8, 4) is 0 Å². The maximum Gasteiger partial charge on any atom is 0.0761 e. The maximum atomic E-state index is 8.57. The number of unbranched alkanes of at least 4 members (excludes halogenated alkanes) is 1. The molecule has 0 atom stereocenters. The lowest BCUT2D eigenvalue weighted by Crippen LogP contribution is -2.01. The van der Waals surface area contributed by atoms with Gasteiger partial charge in [-0.25, -0.2) is 0 Å². The van der Waals surface area contributed by atoms with E-state index < -0.39 is 0 Å². The summed E-state index contributed by atoms with van der Waals surface area (Å²) in [5, 5.41) is 14.0. The monoisotopic (exact) mass is 232 g/mol. The van der Waals surface area contributed by atoms with Crippen LogP contribution < -0.4 is 5.32 Å². The van der Waals surface area contributed by atoms with Crippen LogP contribution in [0.4, 0.5) is 5.69 Å². The van der Waals surface area contributed by atoms with E-state index in [0.717, 1.165) is 18.5 Å². The quantitative estimate of drug-likeness (QED) is 0.779. The van der Waals surface area contributed by atoms with Crippen molar-refractivity contribution in [2.45, 2.75) is 12.8 Å². The Bertz CT molecular complexity index is 291. The lowest BCUT2D eigenvalue weighted by molar-refractivity contribution is 0.284. The van der Waals surface area contributed by atoms with E-state index >= 15 is 0 Å². The van der Waals surface area contributed by atoms with Gasteiger partial charge in [0.25, 0.3) is 0 Å². The first-order valence-electron chi connectivity index (χ1n) is 4.47. The third-order valence-electron chi connectivity index (χ3n) is 1.76. The summed E-state index contributed by atoms with van der Waals surface area (Å²) < 4.78 is 0. The van der Waals surface area contributed by atoms with E-state index in [-0.39, 0.29) is 6.61 Å². The van der Waals surface area contributed by atoms with Crippen LogP contribution in [-0.2, 0) is 0 Å². The van der Waals surface area contributed by atoms with Gasteiger partial charge in [0, 0.05) is 18.2 Å². The molecule has 0 fully saturated rings. The summed E-state index contributed by atoms with van der Waals surface area (Å²) >= 11 is 11.7. The van der Waals surface area contributed by atoms with Gasteiger partial charge >= 0.3 is 0 Å². The van der Waals surface area contributed by atoms with Gasteiger partial charge in [-0.05, 0) is 31.0 Å². The van der Waals surface area contributed by atoms with Crippen molar-refractivity contribution in [2.75, 3.05) is 13.2 Å². The molecule has 0 bridgehead atoms. The second-order valence-corrected chi connectivity index (χ2v) is 3.75. The molecule has 0 aliphatic rings. The molecule has 4 heteroatoms. The average Bonchev–Trinajstić information content (AvgIpc) is 2.15. The van der Waals surface area contributed by atoms with Crippen LogP contribution in [0.25, 0.3) is 0 Å². The summed E-state index contributed by atoms with van der Waals surface area (Å²) in [4.78, 5) is 0. The molecular weight excluding hydrogens is 221 g/mol. The molecule has 0 aliphatic heterocycles. The van der Waals surface area contributed by atoms with Gasteiger partial charge in [0.05, 0.1) is 10.7 Å². The minimum atomic E-state index is 0.212. The molecule has 0 saturated heterocycles. The van der Waals surface area contributed by atoms with Gasteiger partial charge in [-0.3, -0.25) is 5.32 Å². The average molecular weight is 233 g/mol. The molecule has 1 rings (SSSR count). The predicted molar refractivity (Wildman–Crippen MR) is 59.4 cm³/mol. The molecule has 0 aliphatic carbocycles. The van der Waals surface area contributed by atoms with Crippen LogP contribution in [0.2, 0.25) is 10.0 Å². The summed E-state index contributed by atoms with van der Waals surface area (Å²) in [7, 11) is 0. The van der Waals surface area contributed by atoms with E-state index in [1.165, 1.54) is 0 Å². The van der Waals surface area contributed by atoms with E-state index in [4.69, 9.17) is 28.3 Å². The van der Waals surface area contributed by atoms with Crippen LogP contribution >= 0.6 is 23.2 Å². The normalized spacial score (nSPS) is 10.2. The number of nitrogens with zero attached hydrogens (tertiary/aromatic N) is 1. The predicted octanol–water partition coefficient (Wildman–Crippen LogP) is 3.00. The molecule has 14 heavy (non-hydrogen) atoms. The van der Waals surface area contributed by atoms with E-state index in [0.29, 0.717) is 16.6 Å². The zero-order valence-corrected chi connectivity index (χ0v) is 9.22. The fourth-order valence-electron chi connectivity index (χ4n) is 1.03. The summed E-state index contributed by atoms with van der Waals surface area (Å²) in [5.41, 5.74) is 0.758. The second-order valence-electron chi connectivity index (χ2n) is 2.91. The van der Waals surface area contributed by atoms with Crippen molar-refractivity contribution in [1.82, 2.24) is 5.32 Å². The molecule has 1 aromatic rings. The van der Waals surface area contributed by atoms with Crippen LogP contribution in [0, 0.1) is 0 Å². The highest BCUT2D eigenvalue weighted by Gasteiger charge is 2.01. The van der Waals surface area contributed by atoms with Gasteiger partial charge in [0.1, 0.15) is 0 Å². The molecule has 0 amide bonds. The van der Waals surface area contributed by atoms with Gasteiger partial charge in [-0.1, -0.05) is 23.2 Å². The highest BCUT2D eigenvalue weighted by Crippen LogP contribution is 2.25. The van der Waals surface area contributed by atoms with Crippen LogP contribution in [0.5, 0.6) is 0 Å². The van der Waals surface area contributed by atoms with Gasteiger partial charge in [0.2, 0.25) is 0 Å². The smallest absolute Gasteiger partial charge is 0.0761 e. The highest BCUT2D eigenvalue weighted by atomic mass is 35.5. The topological polar surface area (TPSA) is 34.3 Å². The Balaban J connectivity index is 2.42. The summed E-state index contributed by atoms with van der Waals surface area (Å²) in [5.74, 6) is 0. The second kappa shape index (κ2) is 6.12. The van der Waals surface area contributed by atoms with Crippen molar-refractivity contribution >= 4 is 28.9 Å². The molecule has 0 saturated carbocycles. The molecule has 0 heterocycles. The number of hydrogen-bond donors (Lipinski definition) is 1. The van der Waals surface area contributed by atoms with Gasteiger partial charge < -0.3 is 5.11 Å². The minimum Gasteiger partial charge on any atom is -0.396 e. The Morgan fingerprint density at radius 3 is 2.64 bits per heavy atom. The summed E-state index contributed by atoms with van der Waals surface area (Å²) in [6.45, 7) is 0.895. The summed E-state index contributed by atoms with van der Waals surface area (Å²) in [6, 6.07) is 5.23. The van der Waals surface area contributed by atoms with Crippen LogP contribution in [0.1, 0.15) is 12.8 Å². The zero-order chi connectivity index (χ0) is 10.4. The van der Waals surface area contributed by atoms with E-state index in [9.17, 15) is 0 Å². The SMILES string of the molecule is OCCCC[N]c1ccc(Cl)cc1Cl. The number of aliphatic hydroxyl groups excluding tert-OH is 1. The maximum absolute atomic E-state index is 8.57. The number of benzene rings is 1. The Morgan fingerprint density at radius 1 is 1.21 bits per heavy atom. The van der Waals surface area contributed by atoms with E-state index in [1.54, 1.807) is 18.2 Å². The molecule has 1 aromatic carbocycles. The minimum absolute atomic E-state index is 0.212. The van der Waals surface area contributed by atoms with Crippen LogP contribution in [0.15, 0.2) is 18.2 Å². The van der Waals surface area contributed by atoms with Crippen LogP contribution in [-0.4, -0.2) is 18.3 Å². The number of halogens is 2. The fraction of sp³-hybridized carbons (Fsp3) is 0.400. The Kier molecular flexibility index (Phi) is 5.09.